The maximum Gasteiger partial charge on any atom is 0.352 e. The van der Waals surface area contributed by atoms with Crippen molar-refractivity contribution >= 4 is 35.1 Å². The van der Waals surface area contributed by atoms with Gasteiger partial charge in [-0.2, -0.15) is 0 Å². The van der Waals surface area contributed by atoms with Gasteiger partial charge in [-0.3, -0.25) is 0 Å². The fraction of sp³-hybridized carbons (Fsp3) is 0.0909. The Morgan fingerprint density at radius 3 is 2.56 bits per heavy atom. The van der Waals surface area contributed by atoms with Crippen molar-refractivity contribution in [3.63, 3.8) is 0 Å². The Kier molecular flexibility index (Phi) is 7.71. The van der Waals surface area contributed by atoms with Gasteiger partial charge < -0.3 is 9.47 Å². The molecule has 1 radical (unpaired) electrons. The number of carbonyl (C=O) groups is 2. The molecule has 0 heterocycles. The van der Waals surface area contributed by atoms with Crippen molar-refractivity contribution < 1.29 is 36.1 Å². The predicted molar refractivity (Wildman–Crippen MR) is 63.3 cm³/mol. The van der Waals surface area contributed by atoms with Gasteiger partial charge in [0.2, 0.25) is 0 Å². The van der Waals surface area contributed by atoms with Crippen LogP contribution >= 0.6 is 23.2 Å². The Labute approximate surface area is 124 Å². The fourth-order valence-corrected chi connectivity index (χ4v) is 1.38. The largest absolute Gasteiger partial charge is 0.480 e. The van der Waals surface area contributed by atoms with Crippen LogP contribution in [0.5, 0.6) is 5.75 Å². The molecule has 0 saturated heterocycles. The zero-order valence-corrected chi connectivity index (χ0v) is 11.4. The minimum Gasteiger partial charge on any atom is -0.480 e. The minimum absolute atomic E-state index is 0. The van der Waals surface area contributed by atoms with Crippen LogP contribution < -0.4 is 4.74 Å². The quantitative estimate of drug-likeness (QED) is 0.366. The molecule has 0 bridgehead atoms. The third-order valence-electron chi connectivity index (χ3n) is 1.62. The molecule has 18 heavy (non-hydrogen) atoms. The number of carbonyl (C=O) groups excluding carboxylic acids is 2. The predicted octanol–water partition coefficient (Wildman–Crippen LogP) is 2.63. The van der Waals surface area contributed by atoms with E-state index >= 15 is 0 Å². The maximum absolute atomic E-state index is 11.1. The van der Waals surface area contributed by atoms with Crippen LogP contribution in [0.15, 0.2) is 30.9 Å². The second kappa shape index (κ2) is 8.16. The topological polar surface area (TPSA) is 52.6 Å². The van der Waals surface area contributed by atoms with Gasteiger partial charge in [0.15, 0.2) is 6.61 Å². The summed E-state index contributed by atoms with van der Waals surface area (Å²) >= 11 is 11.5. The summed E-state index contributed by atoms with van der Waals surface area (Å²) in [5, 5.41) is 0.715. The normalized spacial score (nSPS) is 9.00. The molecule has 0 aliphatic heterocycles. The van der Waals surface area contributed by atoms with Gasteiger partial charge in [0, 0.05) is 28.2 Å². The van der Waals surface area contributed by atoms with Crippen LogP contribution in [0.1, 0.15) is 0 Å². The molecular weight excluding hydrogens is 331 g/mol. The summed E-state index contributed by atoms with van der Waals surface area (Å²) < 4.78 is 9.34. The molecule has 7 heteroatoms. The van der Waals surface area contributed by atoms with Gasteiger partial charge in [-0.25, -0.2) is 9.59 Å². The third-order valence-corrected chi connectivity index (χ3v) is 2.15. The number of hydrogen-bond acceptors (Lipinski definition) is 4. The van der Waals surface area contributed by atoms with Crippen LogP contribution in [-0.2, 0) is 31.4 Å². The summed E-state index contributed by atoms with van der Waals surface area (Å²) in [6.07, 6.45) is 0.882. The van der Waals surface area contributed by atoms with E-state index < -0.39 is 18.5 Å². The van der Waals surface area contributed by atoms with Crippen molar-refractivity contribution in [3.8, 4) is 5.75 Å². The van der Waals surface area contributed by atoms with E-state index in [-0.39, 0.29) is 27.8 Å². The summed E-state index contributed by atoms with van der Waals surface area (Å²) in [6.45, 7) is 2.72. The van der Waals surface area contributed by atoms with E-state index in [9.17, 15) is 9.59 Å². The van der Waals surface area contributed by atoms with Crippen molar-refractivity contribution in [2.24, 2.45) is 0 Å². The molecular formula is C11H8Cl2CuO4. The number of ether oxygens (including phenoxy) is 2. The van der Waals surface area contributed by atoms with E-state index in [4.69, 9.17) is 27.9 Å². The molecule has 0 fully saturated rings. The van der Waals surface area contributed by atoms with E-state index in [2.05, 4.69) is 11.3 Å². The Balaban J connectivity index is 0.00000289. The van der Waals surface area contributed by atoms with Crippen LogP contribution in [0, 0.1) is 0 Å². The number of hydrogen-bond donors (Lipinski definition) is 0. The maximum atomic E-state index is 11.1. The first kappa shape index (κ1) is 17.0. The number of esters is 2. The zero-order chi connectivity index (χ0) is 12.8. The van der Waals surface area contributed by atoms with Gasteiger partial charge in [-0.15, -0.1) is 0 Å². The van der Waals surface area contributed by atoms with Crippen molar-refractivity contribution in [2.75, 3.05) is 6.61 Å². The van der Waals surface area contributed by atoms with Crippen molar-refractivity contribution in [2.45, 2.75) is 0 Å². The molecule has 1 aromatic carbocycles. The summed E-state index contributed by atoms with van der Waals surface area (Å²) in [5.74, 6) is -1.39. The number of benzene rings is 1. The van der Waals surface area contributed by atoms with Crippen LogP contribution in [0.4, 0.5) is 0 Å². The summed E-state index contributed by atoms with van der Waals surface area (Å²) in [7, 11) is 0. The van der Waals surface area contributed by atoms with Crippen molar-refractivity contribution in [1.82, 2.24) is 0 Å². The van der Waals surface area contributed by atoms with E-state index in [0.29, 0.717) is 5.02 Å². The second-order valence-corrected chi connectivity index (χ2v) is 3.70. The molecule has 0 spiro atoms. The Morgan fingerprint density at radius 2 is 2.00 bits per heavy atom. The molecule has 0 saturated carbocycles. The van der Waals surface area contributed by atoms with E-state index in [1.165, 1.54) is 12.1 Å². The average Bonchev–Trinajstić information content (AvgIpc) is 2.27. The molecule has 1 aromatic rings. The molecule has 0 aliphatic rings. The van der Waals surface area contributed by atoms with Crippen molar-refractivity contribution in [1.29, 1.82) is 0 Å². The smallest absolute Gasteiger partial charge is 0.352 e. The van der Waals surface area contributed by atoms with Gasteiger partial charge >= 0.3 is 11.9 Å². The first-order valence-corrected chi connectivity index (χ1v) is 5.23. The molecule has 0 N–H and O–H groups in total. The molecule has 0 unspecified atom stereocenters. The van der Waals surface area contributed by atoms with E-state index in [0.717, 1.165) is 6.08 Å². The fourth-order valence-electron chi connectivity index (χ4n) is 0.912. The Hall–Kier alpha value is -1.00. The van der Waals surface area contributed by atoms with Gasteiger partial charge in [-0.05, 0) is 18.2 Å². The SMILES string of the molecule is C=CC(=O)OC(=O)COc1ccc(Cl)cc1Cl.[Cu]. The Bertz CT molecular complexity index is 462. The summed E-state index contributed by atoms with van der Waals surface area (Å²) in [6, 6.07) is 4.54. The first-order valence-electron chi connectivity index (χ1n) is 4.48. The van der Waals surface area contributed by atoms with Gasteiger partial charge in [0.25, 0.3) is 0 Å². The van der Waals surface area contributed by atoms with E-state index in [1.54, 1.807) is 6.07 Å². The number of halogens is 2. The van der Waals surface area contributed by atoms with Crippen LogP contribution in [-0.4, -0.2) is 18.5 Å². The van der Waals surface area contributed by atoms with Crippen LogP contribution in [0.2, 0.25) is 10.0 Å². The van der Waals surface area contributed by atoms with Gasteiger partial charge in [0.1, 0.15) is 5.75 Å². The molecule has 101 valence electrons. The van der Waals surface area contributed by atoms with Crippen LogP contribution in [0.25, 0.3) is 0 Å². The minimum atomic E-state index is -0.833. The van der Waals surface area contributed by atoms with Gasteiger partial charge in [-0.1, -0.05) is 29.8 Å². The molecule has 0 amide bonds. The molecule has 0 aromatic heterocycles. The first-order chi connectivity index (χ1) is 8.02. The molecule has 0 atom stereocenters. The molecule has 4 nitrogen and oxygen atoms in total. The summed E-state index contributed by atoms with van der Waals surface area (Å²) in [5.41, 5.74) is 0. The average molecular weight is 339 g/mol. The Morgan fingerprint density at radius 1 is 1.33 bits per heavy atom. The van der Waals surface area contributed by atoms with Gasteiger partial charge in [0.05, 0.1) is 5.02 Å². The monoisotopic (exact) mass is 337 g/mol. The van der Waals surface area contributed by atoms with Crippen molar-refractivity contribution in [3.05, 3.63) is 40.9 Å². The molecule has 1 rings (SSSR count). The molecule has 0 aliphatic carbocycles. The van der Waals surface area contributed by atoms with E-state index in [1.807, 2.05) is 0 Å². The second-order valence-electron chi connectivity index (χ2n) is 2.86. The zero-order valence-electron chi connectivity index (χ0n) is 8.91. The summed E-state index contributed by atoms with van der Waals surface area (Å²) in [4.78, 5) is 21.8. The van der Waals surface area contributed by atoms with Crippen LogP contribution in [0.3, 0.4) is 0 Å². The number of rotatable bonds is 4. The third kappa shape index (κ3) is 5.56. The standard InChI is InChI=1S/C11H8Cl2O4.Cu/c1-2-10(14)17-11(15)6-16-9-4-3-7(12)5-8(9)13;/h2-5H,1,6H2;.